The molecule has 0 atom stereocenters. The summed E-state index contributed by atoms with van der Waals surface area (Å²) < 4.78 is 4.88. The van der Waals surface area contributed by atoms with Crippen LogP contribution in [0.1, 0.15) is 11.3 Å². The van der Waals surface area contributed by atoms with E-state index in [1.165, 1.54) is 4.90 Å². The predicted molar refractivity (Wildman–Crippen MR) is 85.4 cm³/mol. The quantitative estimate of drug-likeness (QED) is 0.940. The Morgan fingerprint density at radius 3 is 2.91 bits per heavy atom. The highest BCUT2D eigenvalue weighted by atomic mass is 16.5. The Hall–Kier alpha value is -2.83. The second kappa shape index (κ2) is 6.12. The molecule has 0 fully saturated rings. The molecule has 0 bridgehead atoms. The highest BCUT2D eigenvalue weighted by Crippen LogP contribution is 2.28. The number of nitrogens with zero attached hydrogens (tertiary/aromatic N) is 3. The number of fused-ring (bicyclic) bond motifs is 1. The maximum absolute atomic E-state index is 12.5. The van der Waals surface area contributed by atoms with Crippen molar-refractivity contribution < 1.29 is 14.1 Å². The summed E-state index contributed by atoms with van der Waals surface area (Å²) in [5.74, 6) is 0.639. The zero-order valence-electron chi connectivity index (χ0n) is 13.1. The van der Waals surface area contributed by atoms with E-state index < -0.39 is 0 Å². The average Bonchev–Trinajstić information content (AvgIpc) is 3.12. The van der Waals surface area contributed by atoms with E-state index in [0.29, 0.717) is 18.1 Å². The number of nitrogens with one attached hydrogen (secondary N) is 1. The van der Waals surface area contributed by atoms with Gasteiger partial charge in [-0.1, -0.05) is 23.4 Å². The van der Waals surface area contributed by atoms with E-state index in [1.807, 2.05) is 24.3 Å². The van der Waals surface area contributed by atoms with Gasteiger partial charge in [0, 0.05) is 25.3 Å². The van der Waals surface area contributed by atoms with Gasteiger partial charge in [-0.3, -0.25) is 9.69 Å². The predicted octanol–water partition coefficient (Wildman–Crippen LogP) is 2.04. The standard InChI is InChI=1S/C16H18N4O3/c1-11-9-14(18-23-11)17-15(21)10-19(2)16(22)20-8-7-12-5-3-4-6-13(12)20/h3-6,9H,7-8,10H2,1-2H3,(H,17,18,21). The van der Waals surface area contributed by atoms with Crippen LogP contribution in [-0.4, -0.2) is 42.1 Å². The van der Waals surface area contributed by atoms with Crippen LogP contribution >= 0.6 is 0 Å². The Bertz CT molecular complexity index is 740. The molecule has 23 heavy (non-hydrogen) atoms. The van der Waals surface area contributed by atoms with Gasteiger partial charge in [-0.25, -0.2) is 4.79 Å². The molecule has 1 aliphatic heterocycles. The number of carbonyl (C=O) groups is 2. The monoisotopic (exact) mass is 314 g/mol. The van der Waals surface area contributed by atoms with Crippen LogP contribution in [0.3, 0.4) is 0 Å². The Morgan fingerprint density at radius 2 is 2.17 bits per heavy atom. The van der Waals surface area contributed by atoms with Crippen LogP contribution < -0.4 is 10.2 Å². The highest BCUT2D eigenvalue weighted by molar-refractivity contribution is 5.98. The summed E-state index contributed by atoms with van der Waals surface area (Å²) in [5.41, 5.74) is 2.06. The van der Waals surface area contributed by atoms with Crippen molar-refractivity contribution >= 4 is 23.4 Å². The third-order valence-electron chi connectivity index (χ3n) is 3.72. The molecule has 3 amide bonds. The number of anilines is 2. The van der Waals surface area contributed by atoms with Gasteiger partial charge in [0.2, 0.25) is 5.91 Å². The van der Waals surface area contributed by atoms with Crippen molar-refractivity contribution in [3.8, 4) is 0 Å². The Morgan fingerprint density at radius 1 is 1.39 bits per heavy atom. The van der Waals surface area contributed by atoms with Gasteiger partial charge in [0.25, 0.3) is 0 Å². The van der Waals surface area contributed by atoms with E-state index in [0.717, 1.165) is 17.7 Å². The molecule has 120 valence electrons. The van der Waals surface area contributed by atoms with Crippen LogP contribution in [0.2, 0.25) is 0 Å². The molecule has 7 nitrogen and oxygen atoms in total. The van der Waals surface area contributed by atoms with E-state index >= 15 is 0 Å². The number of likely N-dealkylation sites (N-methyl/N-ethyl adjacent to an activating group) is 1. The Labute approximate surface area is 133 Å². The molecular formula is C16H18N4O3. The van der Waals surface area contributed by atoms with Crippen molar-refractivity contribution in [2.24, 2.45) is 0 Å². The minimum atomic E-state index is -0.318. The summed E-state index contributed by atoms with van der Waals surface area (Å²) in [4.78, 5) is 27.6. The van der Waals surface area contributed by atoms with Crippen LogP contribution in [-0.2, 0) is 11.2 Å². The molecule has 7 heteroatoms. The van der Waals surface area contributed by atoms with Crippen molar-refractivity contribution in [1.82, 2.24) is 10.1 Å². The second-order valence-corrected chi connectivity index (χ2v) is 5.54. The first kappa shape index (κ1) is 15.1. The zero-order valence-corrected chi connectivity index (χ0v) is 13.1. The molecule has 1 aromatic carbocycles. The fourth-order valence-corrected chi connectivity index (χ4v) is 2.63. The first-order valence-electron chi connectivity index (χ1n) is 7.38. The average molecular weight is 314 g/mol. The first-order chi connectivity index (χ1) is 11.0. The summed E-state index contributed by atoms with van der Waals surface area (Å²) in [6.07, 6.45) is 0.833. The lowest BCUT2D eigenvalue weighted by atomic mass is 10.2. The lowest BCUT2D eigenvalue weighted by Crippen LogP contribution is -2.43. The van der Waals surface area contributed by atoms with Gasteiger partial charge in [0.1, 0.15) is 12.3 Å². The van der Waals surface area contributed by atoms with Gasteiger partial charge in [-0.05, 0) is 25.0 Å². The van der Waals surface area contributed by atoms with Gasteiger partial charge in [0.05, 0.1) is 0 Å². The van der Waals surface area contributed by atoms with Crippen molar-refractivity contribution in [3.63, 3.8) is 0 Å². The maximum atomic E-state index is 12.5. The number of aryl methyl sites for hydroxylation is 1. The van der Waals surface area contributed by atoms with Crippen LogP contribution in [0, 0.1) is 6.92 Å². The smallest absolute Gasteiger partial charge is 0.324 e. The summed E-state index contributed by atoms with van der Waals surface area (Å²) in [6.45, 7) is 2.32. The van der Waals surface area contributed by atoms with Crippen molar-refractivity contribution in [2.45, 2.75) is 13.3 Å². The maximum Gasteiger partial charge on any atom is 0.324 e. The fraction of sp³-hybridized carbons (Fsp3) is 0.312. The molecule has 0 saturated carbocycles. The topological polar surface area (TPSA) is 78.7 Å². The van der Waals surface area contributed by atoms with E-state index in [4.69, 9.17) is 4.52 Å². The third-order valence-corrected chi connectivity index (χ3v) is 3.72. The van der Waals surface area contributed by atoms with Crippen LogP contribution in [0.4, 0.5) is 16.3 Å². The van der Waals surface area contributed by atoms with E-state index in [2.05, 4.69) is 10.5 Å². The van der Waals surface area contributed by atoms with Gasteiger partial charge in [-0.15, -0.1) is 0 Å². The van der Waals surface area contributed by atoms with E-state index in [-0.39, 0.29) is 18.5 Å². The van der Waals surface area contributed by atoms with Crippen LogP contribution in [0.5, 0.6) is 0 Å². The zero-order chi connectivity index (χ0) is 16.4. The molecule has 3 rings (SSSR count). The van der Waals surface area contributed by atoms with Gasteiger partial charge < -0.3 is 14.7 Å². The van der Waals surface area contributed by atoms with Gasteiger partial charge >= 0.3 is 6.03 Å². The number of carbonyl (C=O) groups excluding carboxylic acids is 2. The molecule has 2 aromatic rings. The second-order valence-electron chi connectivity index (χ2n) is 5.54. The largest absolute Gasteiger partial charge is 0.360 e. The number of hydrogen-bond acceptors (Lipinski definition) is 4. The molecule has 1 N–H and O–H groups in total. The summed E-state index contributed by atoms with van der Waals surface area (Å²) in [7, 11) is 1.61. The van der Waals surface area contributed by atoms with Crippen LogP contribution in [0.25, 0.3) is 0 Å². The molecule has 0 unspecified atom stereocenters. The summed E-state index contributed by atoms with van der Waals surface area (Å²) in [6, 6.07) is 9.24. The molecule has 1 aliphatic rings. The molecule has 0 radical (unpaired) electrons. The SMILES string of the molecule is Cc1cc(NC(=O)CN(C)C(=O)N2CCc3ccccc32)no1. The number of amides is 3. The van der Waals surface area contributed by atoms with Crippen molar-refractivity contribution in [2.75, 3.05) is 30.4 Å². The summed E-state index contributed by atoms with van der Waals surface area (Å²) in [5, 5.41) is 6.30. The minimum absolute atomic E-state index is 0.0522. The number of para-hydroxylation sites is 1. The van der Waals surface area contributed by atoms with Crippen molar-refractivity contribution in [1.29, 1.82) is 0 Å². The van der Waals surface area contributed by atoms with E-state index in [1.54, 1.807) is 24.9 Å². The number of hydrogen-bond donors (Lipinski definition) is 1. The lowest BCUT2D eigenvalue weighted by Gasteiger charge is -2.24. The molecule has 0 aliphatic carbocycles. The lowest BCUT2D eigenvalue weighted by molar-refractivity contribution is -0.116. The molecule has 0 saturated heterocycles. The number of urea groups is 1. The molecule has 1 aromatic heterocycles. The van der Waals surface area contributed by atoms with Crippen LogP contribution in [0.15, 0.2) is 34.9 Å². The van der Waals surface area contributed by atoms with E-state index in [9.17, 15) is 9.59 Å². The van der Waals surface area contributed by atoms with Gasteiger partial charge in [0.15, 0.2) is 5.82 Å². The first-order valence-corrected chi connectivity index (χ1v) is 7.38. The molecular weight excluding hydrogens is 296 g/mol. The molecule has 0 spiro atoms. The highest BCUT2D eigenvalue weighted by Gasteiger charge is 2.27. The Balaban J connectivity index is 1.61. The van der Waals surface area contributed by atoms with Crippen molar-refractivity contribution in [3.05, 3.63) is 41.7 Å². The minimum Gasteiger partial charge on any atom is -0.360 e. The number of rotatable bonds is 3. The summed E-state index contributed by atoms with van der Waals surface area (Å²) >= 11 is 0. The normalized spacial score (nSPS) is 12.9. The number of benzene rings is 1. The fourth-order valence-electron chi connectivity index (χ4n) is 2.63. The number of aromatic nitrogens is 1. The third kappa shape index (κ3) is 3.18. The van der Waals surface area contributed by atoms with Gasteiger partial charge in [-0.2, -0.15) is 0 Å². The molecule has 2 heterocycles. The Kier molecular flexibility index (Phi) is 4.01.